The summed E-state index contributed by atoms with van der Waals surface area (Å²) in [6.45, 7) is 1.78. The van der Waals surface area contributed by atoms with Gasteiger partial charge in [-0.1, -0.05) is 23.7 Å². The Bertz CT molecular complexity index is 347. The Balaban J connectivity index is 2.69. The Morgan fingerprint density at radius 1 is 1.60 bits per heavy atom. The zero-order valence-electron chi connectivity index (χ0n) is 8.20. The topological polar surface area (TPSA) is 69.6 Å². The Hall–Kier alpha value is -1.26. The highest BCUT2D eigenvalue weighted by molar-refractivity contribution is 6.33. The summed E-state index contributed by atoms with van der Waals surface area (Å²) in [5.41, 5.74) is 1.56. The van der Waals surface area contributed by atoms with Gasteiger partial charge in [0, 0.05) is 0 Å². The smallest absolute Gasteiger partial charge is 0.334 e. The predicted molar refractivity (Wildman–Crippen MR) is 58.3 cm³/mol. The molecular formula is C10H12ClNO3. The van der Waals surface area contributed by atoms with Crippen LogP contribution >= 0.6 is 11.6 Å². The van der Waals surface area contributed by atoms with Gasteiger partial charge in [0.15, 0.2) is 6.10 Å². The van der Waals surface area contributed by atoms with E-state index in [-0.39, 0.29) is 6.54 Å². The SMILES string of the molecule is Cc1cccc(Cl)c1NCC(O)C(=O)O. The predicted octanol–water partition coefficient (Wildman–Crippen LogP) is 1.51. The second-order valence-corrected chi connectivity index (χ2v) is 3.57. The first kappa shape index (κ1) is 11.8. The van der Waals surface area contributed by atoms with E-state index >= 15 is 0 Å². The van der Waals surface area contributed by atoms with Crippen molar-refractivity contribution in [2.24, 2.45) is 0 Å². The standard InChI is InChI=1S/C10H12ClNO3/c1-6-3-2-4-7(11)9(6)12-5-8(13)10(14)15/h2-4,8,12-13H,5H2,1H3,(H,14,15). The van der Waals surface area contributed by atoms with Crippen molar-refractivity contribution in [2.75, 3.05) is 11.9 Å². The molecule has 0 saturated heterocycles. The van der Waals surface area contributed by atoms with Crippen LogP contribution in [0, 0.1) is 6.92 Å². The molecule has 0 aromatic heterocycles. The molecule has 0 bridgehead atoms. The average molecular weight is 230 g/mol. The molecule has 0 radical (unpaired) electrons. The van der Waals surface area contributed by atoms with Crippen LogP contribution in [0.5, 0.6) is 0 Å². The van der Waals surface area contributed by atoms with Gasteiger partial charge in [-0.15, -0.1) is 0 Å². The molecule has 4 nitrogen and oxygen atoms in total. The summed E-state index contributed by atoms with van der Waals surface area (Å²) in [5, 5.41) is 20.8. The summed E-state index contributed by atoms with van der Waals surface area (Å²) >= 11 is 5.90. The van der Waals surface area contributed by atoms with Gasteiger partial charge in [-0.2, -0.15) is 0 Å². The lowest BCUT2D eigenvalue weighted by atomic mass is 10.2. The summed E-state index contributed by atoms with van der Waals surface area (Å²) in [4.78, 5) is 10.4. The Labute approximate surface area is 92.5 Å². The van der Waals surface area contributed by atoms with E-state index in [2.05, 4.69) is 5.32 Å². The van der Waals surface area contributed by atoms with E-state index in [1.807, 2.05) is 13.0 Å². The van der Waals surface area contributed by atoms with Crippen LogP contribution in [0.15, 0.2) is 18.2 Å². The lowest BCUT2D eigenvalue weighted by Gasteiger charge is -2.12. The fraction of sp³-hybridized carbons (Fsp3) is 0.300. The number of hydrogen-bond acceptors (Lipinski definition) is 3. The summed E-state index contributed by atoms with van der Waals surface area (Å²) in [7, 11) is 0. The molecule has 0 aliphatic carbocycles. The van der Waals surface area contributed by atoms with Gasteiger partial charge < -0.3 is 15.5 Å². The number of carbonyl (C=O) groups is 1. The van der Waals surface area contributed by atoms with E-state index in [9.17, 15) is 4.79 Å². The highest BCUT2D eigenvalue weighted by Gasteiger charge is 2.13. The molecule has 1 unspecified atom stereocenters. The molecule has 0 aliphatic rings. The van der Waals surface area contributed by atoms with Gasteiger partial charge in [-0.3, -0.25) is 0 Å². The Morgan fingerprint density at radius 3 is 2.80 bits per heavy atom. The van der Waals surface area contributed by atoms with Crippen LogP contribution < -0.4 is 5.32 Å². The number of carboxylic acid groups (broad SMARTS) is 1. The number of benzene rings is 1. The number of hydrogen-bond donors (Lipinski definition) is 3. The van der Waals surface area contributed by atoms with Crippen LogP contribution in [-0.2, 0) is 4.79 Å². The van der Waals surface area contributed by atoms with E-state index in [0.717, 1.165) is 5.56 Å². The molecule has 0 amide bonds. The highest BCUT2D eigenvalue weighted by Crippen LogP contribution is 2.24. The Morgan fingerprint density at radius 2 is 2.27 bits per heavy atom. The first-order valence-electron chi connectivity index (χ1n) is 4.42. The minimum absolute atomic E-state index is 0.0695. The van der Waals surface area contributed by atoms with Crippen LogP contribution in [0.1, 0.15) is 5.56 Å². The molecule has 1 aromatic rings. The number of halogens is 1. The van der Waals surface area contributed by atoms with Crippen molar-refractivity contribution in [2.45, 2.75) is 13.0 Å². The normalized spacial score (nSPS) is 12.2. The summed E-state index contributed by atoms with van der Waals surface area (Å²) in [5.74, 6) is -1.26. The average Bonchev–Trinajstić information content (AvgIpc) is 2.16. The third-order valence-corrected chi connectivity index (χ3v) is 2.29. The van der Waals surface area contributed by atoms with Crippen molar-refractivity contribution in [1.29, 1.82) is 0 Å². The number of aliphatic carboxylic acids is 1. The van der Waals surface area contributed by atoms with Crippen molar-refractivity contribution >= 4 is 23.3 Å². The third kappa shape index (κ3) is 3.11. The van der Waals surface area contributed by atoms with Crippen LogP contribution in [0.25, 0.3) is 0 Å². The van der Waals surface area contributed by atoms with Crippen molar-refractivity contribution in [3.8, 4) is 0 Å². The molecule has 5 heteroatoms. The third-order valence-electron chi connectivity index (χ3n) is 1.98. The van der Waals surface area contributed by atoms with Crippen LogP contribution in [0.4, 0.5) is 5.69 Å². The minimum atomic E-state index is -1.43. The number of aliphatic hydroxyl groups excluding tert-OH is 1. The van der Waals surface area contributed by atoms with Crippen LogP contribution in [0.3, 0.4) is 0 Å². The number of aliphatic hydroxyl groups is 1. The quantitative estimate of drug-likeness (QED) is 0.732. The maximum Gasteiger partial charge on any atom is 0.334 e. The molecule has 0 spiro atoms. The van der Waals surface area contributed by atoms with Crippen molar-refractivity contribution < 1.29 is 15.0 Å². The zero-order chi connectivity index (χ0) is 11.4. The second-order valence-electron chi connectivity index (χ2n) is 3.17. The van der Waals surface area contributed by atoms with Gasteiger partial charge in [0.1, 0.15) is 0 Å². The largest absolute Gasteiger partial charge is 0.479 e. The molecule has 1 rings (SSSR count). The maximum absolute atomic E-state index is 10.4. The fourth-order valence-electron chi connectivity index (χ4n) is 1.14. The molecule has 0 fully saturated rings. The molecule has 0 aliphatic heterocycles. The molecule has 0 saturated carbocycles. The first-order valence-corrected chi connectivity index (χ1v) is 4.80. The van der Waals surface area contributed by atoms with E-state index in [1.54, 1.807) is 12.1 Å². The summed E-state index contributed by atoms with van der Waals surface area (Å²) in [6.07, 6.45) is -1.43. The van der Waals surface area contributed by atoms with Gasteiger partial charge in [0.2, 0.25) is 0 Å². The molecular weight excluding hydrogens is 218 g/mol. The molecule has 1 atom stereocenters. The van der Waals surface area contributed by atoms with Gasteiger partial charge in [-0.05, 0) is 18.6 Å². The summed E-state index contributed by atoms with van der Waals surface area (Å²) in [6, 6.07) is 5.35. The van der Waals surface area contributed by atoms with Crippen LogP contribution in [0.2, 0.25) is 5.02 Å². The number of carboxylic acids is 1. The van der Waals surface area contributed by atoms with Crippen molar-refractivity contribution in [3.63, 3.8) is 0 Å². The number of para-hydroxylation sites is 1. The molecule has 0 heterocycles. The number of rotatable bonds is 4. The van der Waals surface area contributed by atoms with Gasteiger partial charge in [-0.25, -0.2) is 4.79 Å². The van der Waals surface area contributed by atoms with E-state index < -0.39 is 12.1 Å². The van der Waals surface area contributed by atoms with Crippen molar-refractivity contribution in [1.82, 2.24) is 0 Å². The first-order chi connectivity index (χ1) is 7.02. The fourth-order valence-corrected chi connectivity index (χ4v) is 1.43. The van der Waals surface area contributed by atoms with Gasteiger partial charge >= 0.3 is 5.97 Å². The van der Waals surface area contributed by atoms with E-state index in [1.165, 1.54) is 0 Å². The van der Waals surface area contributed by atoms with E-state index in [0.29, 0.717) is 10.7 Å². The number of anilines is 1. The molecule has 82 valence electrons. The van der Waals surface area contributed by atoms with Gasteiger partial charge in [0.05, 0.1) is 17.3 Å². The van der Waals surface area contributed by atoms with Gasteiger partial charge in [0.25, 0.3) is 0 Å². The summed E-state index contributed by atoms with van der Waals surface area (Å²) < 4.78 is 0. The lowest BCUT2D eigenvalue weighted by Crippen LogP contribution is -2.28. The molecule has 3 N–H and O–H groups in total. The highest BCUT2D eigenvalue weighted by atomic mass is 35.5. The minimum Gasteiger partial charge on any atom is -0.479 e. The zero-order valence-corrected chi connectivity index (χ0v) is 8.95. The monoisotopic (exact) mass is 229 g/mol. The Kier molecular flexibility index (Phi) is 3.94. The second kappa shape index (κ2) is 5.00. The van der Waals surface area contributed by atoms with Crippen molar-refractivity contribution in [3.05, 3.63) is 28.8 Å². The van der Waals surface area contributed by atoms with E-state index in [4.69, 9.17) is 21.8 Å². The molecule has 15 heavy (non-hydrogen) atoms. The van der Waals surface area contributed by atoms with Crippen LogP contribution in [-0.4, -0.2) is 28.8 Å². The lowest BCUT2D eigenvalue weighted by molar-refractivity contribution is -0.145. The number of aryl methyl sites for hydroxylation is 1. The maximum atomic E-state index is 10.4. The molecule has 1 aromatic carbocycles. The number of nitrogens with one attached hydrogen (secondary N) is 1.